The normalized spacial score (nSPS) is 10.1. The number of aliphatic hydroxyl groups is 1. The van der Waals surface area contributed by atoms with Crippen LogP contribution in [0.25, 0.3) is 0 Å². The van der Waals surface area contributed by atoms with Crippen LogP contribution in [0.5, 0.6) is 0 Å². The van der Waals surface area contributed by atoms with Gasteiger partial charge in [0.05, 0.1) is 25.6 Å². The van der Waals surface area contributed by atoms with Crippen molar-refractivity contribution >= 4 is 23.3 Å². The van der Waals surface area contributed by atoms with Gasteiger partial charge in [-0.3, -0.25) is 9.59 Å². The molecule has 0 aromatic carbocycles. The third-order valence-corrected chi connectivity index (χ3v) is 2.28. The van der Waals surface area contributed by atoms with E-state index in [0.717, 1.165) is 4.68 Å². The molecule has 8 heteroatoms. The number of aliphatic hydroxyl groups excluding tert-OH is 1. The van der Waals surface area contributed by atoms with Crippen molar-refractivity contribution in [2.24, 2.45) is 0 Å². The lowest BCUT2D eigenvalue weighted by molar-refractivity contribution is -0.141. The lowest BCUT2D eigenvalue weighted by atomic mass is 10.4. The molecule has 1 aromatic rings. The summed E-state index contributed by atoms with van der Waals surface area (Å²) < 4.78 is 5.31. The maximum atomic E-state index is 11.7. The maximum absolute atomic E-state index is 11.7. The van der Waals surface area contributed by atoms with Crippen LogP contribution in [-0.4, -0.2) is 41.1 Å². The average molecular weight is 262 g/mol. The van der Waals surface area contributed by atoms with E-state index < -0.39 is 11.5 Å². The first-order chi connectivity index (χ1) is 8.10. The number of nitrogens with zero attached hydrogens (tertiary/aromatic N) is 2. The number of carbonyl (C=O) groups excluding carboxylic acids is 1. The van der Waals surface area contributed by atoms with Crippen LogP contribution < -0.4 is 10.9 Å². The number of halogens is 1. The van der Waals surface area contributed by atoms with Crippen molar-refractivity contribution in [3.05, 3.63) is 21.6 Å². The van der Waals surface area contributed by atoms with Gasteiger partial charge in [-0.1, -0.05) is 11.6 Å². The van der Waals surface area contributed by atoms with Crippen molar-refractivity contribution in [3.63, 3.8) is 0 Å². The van der Waals surface area contributed by atoms with E-state index in [1.165, 1.54) is 13.3 Å². The molecular weight excluding hydrogens is 250 g/mol. The Labute approximate surface area is 102 Å². The van der Waals surface area contributed by atoms with E-state index in [1.54, 1.807) is 0 Å². The predicted molar refractivity (Wildman–Crippen MR) is 61.1 cm³/mol. The molecule has 0 radical (unpaired) electrons. The molecule has 1 heterocycles. The second-order valence-electron chi connectivity index (χ2n) is 3.06. The van der Waals surface area contributed by atoms with E-state index in [2.05, 4.69) is 15.2 Å². The Morgan fingerprint density at radius 1 is 1.71 bits per heavy atom. The molecule has 0 bridgehead atoms. The largest absolute Gasteiger partial charge is 0.468 e. The highest BCUT2D eigenvalue weighted by atomic mass is 35.5. The topological polar surface area (TPSA) is 93.5 Å². The molecule has 0 saturated heterocycles. The van der Waals surface area contributed by atoms with Crippen LogP contribution in [0.3, 0.4) is 0 Å². The third-order valence-electron chi connectivity index (χ3n) is 1.92. The molecule has 0 aliphatic rings. The molecule has 7 nitrogen and oxygen atoms in total. The van der Waals surface area contributed by atoms with Gasteiger partial charge in [0.25, 0.3) is 5.56 Å². The second-order valence-corrected chi connectivity index (χ2v) is 3.44. The van der Waals surface area contributed by atoms with Crippen molar-refractivity contribution in [1.29, 1.82) is 0 Å². The fourth-order valence-electron chi connectivity index (χ4n) is 1.08. The average Bonchev–Trinajstić information content (AvgIpc) is 2.34. The minimum atomic E-state index is -0.597. The number of anilines is 1. The standard InChI is InChI=1S/C9H12ClN3O4/c1-17-7(15)5-13-9(16)8(10)6(4-12-13)11-2-3-14/h4,11,14H,2-3,5H2,1H3. The van der Waals surface area contributed by atoms with Gasteiger partial charge < -0.3 is 15.2 Å². The minimum absolute atomic E-state index is 0.0858. The van der Waals surface area contributed by atoms with Crippen LogP contribution >= 0.6 is 11.6 Å². The molecule has 17 heavy (non-hydrogen) atoms. The molecule has 0 aliphatic carbocycles. The van der Waals surface area contributed by atoms with Crippen molar-refractivity contribution in [1.82, 2.24) is 9.78 Å². The molecule has 2 N–H and O–H groups in total. The molecule has 1 rings (SSSR count). The van der Waals surface area contributed by atoms with Gasteiger partial charge in [-0.15, -0.1) is 0 Å². The van der Waals surface area contributed by atoms with E-state index in [4.69, 9.17) is 16.7 Å². The van der Waals surface area contributed by atoms with Gasteiger partial charge in [0, 0.05) is 6.54 Å². The summed E-state index contributed by atoms with van der Waals surface area (Å²) in [6, 6.07) is 0. The van der Waals surface area contributed by atoms with Gasteiger partial charge in [0.1, 0.15) is 11.6 Å². The summed E-state index contributed by atoms with van der Waals surface area (Å²) in [4.78, 5) is 22.7. The lowest BCUT2D eigenvalue weighted by Crippen LogP contribution is -2.28. The number of esters is 1. The Morgan fingerprint density at radius 3 is 3.00 bits per heavy atom. The van der Waals surface area contributed by atoms with Crippen LogP contribution in [0.15, 0.2) is 11.0 Å². The second kappa shape index (κ2) is 6.21. The zero-order valence-corrected chi connectivity index (χ0v) is 9.90. The van der Waals surface area contributed by atoms with Gasteiger partial charge in [-0.25, -0.2) is 4.68 Å². The number of methoxy groups -OCH3 is 1. The molecular formula is C9H12ClN3O4. The Kier molecular flexibility index (Phi) is 4.92. The first-order valence-corrected chi connectivity index (χ1v) is 5.15. The number of aromatic nitrogens is 2. The molecule has 0 spiro atoms. The molecule has 0 aliphatic heterocycles. The molecule has 0 unspecified atom stereocenters. The highest BCUT2D eigenvalue weighted by molar-refractivity contribution is 6.32. The van der Waals surface area contributed by atoms with E-state index in [-0.39, 0.29) is 24.7 Å². The SMILES string of the molecule is COC(=O)Cn1ncc(NCCO)c(Cl)c1=O. The van der Waals surface area contributed by atoms with Crippen molar-refractivity contribution < 1.29 is 14.6 Å². The van der Waals surface area contributed by atoms with Crippen molar-refractivity contribution in [2.75, 3.05) is 25.6 Å². The maximum Gasteiger partial charge on any atom is 0.327 e. The Morgan fingerprint density at radius 2 is 2.41 bits per heavy atom. The van der Waals surface area contributed by atoms with Gasteiger partial charge in [0.2, 0.25) is 0 Å². The smallest absolute Gasteiger partial charge is 0.327 e. The Bertz CT molecular complexity index is 460. The van der Waals surface area contributed by atoms with Gasteiger partial charge in [-0.2, -0.15) is 5.10 Å². The Hall–Kier alpha value is -1.60. The van der Waals surface area contributed by atoms with Gasteiger partial charge >= 0.3 is 5.97 Å². The van der Waals surface area contributed by atoms with Crippen LogP contribution in [0, 0.1) is 0 Å². The highest BCUT2D eigenvalue weighted by Crippen LogP contribution is 2.14. The van der Waals surface area contributed by atoms with Crippen LogP contribution in [0.1, 0.15) is 0 Å². The van der Waals surface area contributed by atoms with Gasteiger partial charge in [-0.05, 0) is 0 Å². The number of hydrogen-bond donors (Lipinski definition) is 2. The molecule has 0 amide bonds. The van der Waals surface area contributed by atoms with E-state index >= 15 is 0 Å². The van der Waals surface area contributed by atoms with Crippen molar-refractivity contribution in [3.8, 4) is 0 Å². The molecule has 1 aromatic heterocycles. The summed E-state index contributed by atoms with van der Waals surface area (Å²) in [6.45, 7) is -0.140. The van der Waals surface area contributed by atoms with Crippen LogP contribution in [0.2, 0.25) is 5.02 Å². The zero-order valence-electron chi connectivity index (χ0n) is 9.14. The fourth-order valence-corrected chi connectivity index (χ4v) is 1.29. The number of hydrogen-bond acceptors (Lipinski definition) is 6. The van der Waals surface area contributed by atoms with Crippen LogP contribution in [-0.2, 0) is 16.1 Å². The molecule has 0 saturated carbocycles. The van der Waals surface area contributed by atoms with E-state index in [1.807, 2.05) is 0 Å². The monoisotopic (exact) mass is 261 g/mol. The third kappa shape index (κ3) is 3.43. The predicted octanol–water partition coefficient (Wildman–Crippen LogP) is -0.526. The Balaban J connectivity index is 2.94. The summed E-state index contributed by atoms with van der Waals surface area (Å²) in [7, 11) is 1.21. The fraction of sp³-hybridized carbons (Fsp3) is 0.444. The summed E-state index contributed by atoms with van der Waals surface area (Å²) >= 11 is 5.79. The summed E-state index contributed by atoms with van der Waals surface area (Å²) in [5, 5.41) is 15.0. The highest BCUT2D eigenvalue weighted by Gasteiger charge is 2.11. The first-order valence-electron chi connectivity index (χ1n) is 4.77. The summed E-state index contributed by atoms with van der Waals surface area (Å²) in [5.74, 6) is -0.591. The van der Waals surface area contributed by atoms with Gasteiger partial charge in [0.15, 0.2) is 0 Å². The number of rotatable bonds is 5. The summed E-state index contributed by atoms with van der Waals surface area (Å²) in [5.41, 5.74) is -0.285. The van der Waals surface area contributed by atoms with Crippen molar-refractivity contribution in [2.45, 2.75) is 6.54 Å². The number of nitrogens with one attached hydrogen (secondary N) is 1. The lowest BCUT2D eigenvalue weighted by Gasteiger charge is -2.08. The minimum Gasteiger partial charge on any atom is -0.468 e. The zero-order chi connectivity index (χ0) is 12.8. The number of carbonyl (C=O) groups is 1. The first kappa shape index (κ1) is 13.5. The number of ether oxygens (including phenoxy) is 1. The van der Waals surface area contributed by atoms with E-state index in [0.29, 0.717) is 5.69 Å². The summed E-state index contributed by atoms with van der Waals surface area (Å²) in [6.07, 6.45) is 1.31. The molecule has 94 valence electrons. The quantitative estimate of drug-likeness (QED) is 0.693. The van der Waals surface area contributed by atoms with E-state index in [9.17, 15) is 9.59 Å². The molecule has 0 atom stereocenters. The molecule has 0 fully saturated rings. The van der Waals surface area contributed by atoms with Crippen LogP contribution in [0.4, 0.5) is 5.69 Å².